The van der Waals surface area contributed by atoms with Gasteiger partial charge in [-0.25, -0.2) is 0 Å². The molecule has 0 atom stereocenters. The van der Waals surface area contributed by atoms with Crippen LogP contribution in [0.1, 0.15) is 25.1 Å². The fourth-order valence-corrected chi connectivity index (χ4v) is 2.87. The molecule has 0 saturated heterocycles. The summed E-state index contributed by atoms with van der Waals surface area (Å²) in [4.78, 5) is 30.6. The van der Waals surface area contributed by atoms with Crippen molar-refractivity contribution >= 4 is 23.0 Å². The van der Waals surface area contributed by atoms with Crippen LogP contribution in [-0.4, -0.2) is 20.9 Å². The Bertz CT molecular complexity index is 924. The number of amides is 1. The topological polar surface area (TPSA) is 79.8 Å². The molecule has 0 spiro atoms. The number of hydrogen-bond donors (Lipinski definition) is 2. The number of anilines is 1. The maximum absolute atomic E-state index is 12.3. The van der Waals surface area contributed by atoms with Crippen LogP contribution in [-0.2, 0) is 17.8 Å². The Morgan fingerprint density at radius 2 is 2.21 bits per heavy atom. The Balaban J connectivity index is 1.95. The number of aromatic nitrogens is 3. The molecule has 124 valence electrons. The quantitative estimate of drug-likeness (QED) is 0.684. The first-order valence-electron chi connectivity index (χ1n) is 7.92. The van der Waals surface area contributed by atoms with Crippen molar-refractivity contribution in [2.45, 2.75) is 26.8 Å². The highest BCUT2D eigenvalue weighted by Crippen LogP contribution is 2.21. The van der Waals surface area contributed by atoms with Gasteiger partial charge in [-0.05, 0) is 36.1 Å². The van der Waals surface area contributed by atoms with Gasteiger partial charge < -0.3 is 14.9 Å². The number of carbonyl (C=O) groups excluding carboxylic acids is 1. The Morgan fingerprint density at radius 3 is 2.96 bits per heavy atom. The lowest BCUT2D eigenvalue weighted by Gasteiger charge is -2.07. The third kappa shape index (κ3) is 3.22. The van der Waals surface area contributed by atoms with Gasteiger partial charge >= 0.3 is 0 Å². The van der Waals surface area contributed by atoms with Gasteiger partial charge in [-0.15, -0.1) is 0 Å². The van der Waals surface area contributed by atoms with Crippen molar-refractivity contribution in [1.29, 1.82) is 0 Å². The van der Waals surface area contributed by atoms with Crippen molar-refractivity contribution in [3.63, 3.8) is 0 Å². The van der Waals surface area contributed by atoms with Crippen molar-refractivity contribution in [3.05, 3.63) is 58.4 Å². The lowest BCUT2D eigenvalue weighted by atomic mass is 10.0. The summed E-state index contributed by atoms with van der Waals surface area (Å²) in [6.07, 6.45) is 6.88. The number of hydrogen-bond acceptors (Lipinski definition) is 3. The average molecular weight is 324 g/mol. The maximum Gasteiger partial charge on any atom is 0.274 e. The fraction of sp³-hybridized carbons (Fsp3) is 0.278. The molecule has 0 bridgehead atoms. The number of nitrogens with one attached hydrogen (secondary N) is 2. The van der Waals surface area contributed by atoms with E-state index in [2.05, 4.69) is 29.1 Å². The van der Waals surface area contributed by atoms with E-state index in [1.807, 2.05) is 18.5 Å². The molecular formula is C18H20N4O2. The number of fused-ring (bicyclic) bond motifs is 1. The molecule has 3 aromatic rings. The second-order valence-corrected chi connectivity index (χ2v) is 6.27. The summed E-state index contributed by atoms with van der Waals surface area (Å²) in [5, 5.41) is 3.47. The van der Waals surface area contributed by atoms with E-state index >= 15 is 0 Å². The normalized spacial score (nSPS) is 11.1. The number of H-pyrrole nitrogens is 1. The minimum absolute atomic E-state index is 0.233. The van der Waals surface area contributed by atoms with E-state index in [0.717, 1.165) is 23.0 Å². The van der Waals surface area contributed by atoms with E-state index in [1.165, 1.54) is 5.56 Å². The summed E-state index contributed by atoms with van der Waals surface area (Å²) in [6.45, 7) is 4.75. The molecule has 2 N–H and O–H groups in total. The van der Waals surface area contributed by atoms with Crippen LogP contribution in [0.2, 0.25) is 0 Å². The largest absolute Gasteiger partial charge is 0.357 e. The minimum atomic E-state index is -0.233. The van der Waals surface area contributed by atoms with Crippen LogP contribution >= 0.6 is 0 Å². The summed E-state index contributed by atoms with van der Waals surface area (Å²) in [5.74, 6) is 0.540. The van der Waals surface area contributed by atoms with Gasteiger partial charge in [0.05, 0.1) is 12.1 Å². The van der Waals surface area contributed by atoms with Crippen LogP contribution in [0, 0.1) is 5.92 Å². The van der Waals surface area contributed by atoms with E-state index in [1.54, 1.807) is 22.9 Å². The van der Waals surface area contributed by atoms with Gasteiger partial charge in [0, 0.05) is 29.7 Å². The predicted octanol–water partition coefficient (Wildman–Crippen LogP) is 2.54. The van der Waals surface area contributed by atoms with Gasteiger partial charge in [-0.2, -0.15) is 0 Å². The minimum Gasteiger partial charge on any atom is -0.357 e. The van der Waals surface area contributed by atoms with Crippen molar-refractivity contribution in [2.75, 3.05) is 5.32 Å². The van der Waals surface area contributed by atoms with Gasteiger partial charge in [-0.1, -0.05) is 13.8 Å². The Morgan fingerprint density at radius 1 is 1.38 bits per heavy atom. The SMILES string of the molecule is CC(C)Cc1cncc2cc(Cn3cccc(NC=O)c3=O)[nH]c12. The molecule has 0 unspecified atom stereocenters. The number of nitrogens with zero attached hydrogens (tertiary/aromatic N) is 2. The van der Waals surface area contributed by atoms with Gasteiger partial charge in [-0.3, -0.25) is 14.6 Å². The molecule has 0 aliphatic rings. The highest BCUT2D eigenvalue weighted by molar-refractivity contribution is 5.82. The Labute approximate surface area is 139 Å². The zero-order valence-corrected chi connectivity index (χ0v) is 13.7. The summed E-state index contributed by atoms with van der Waals surface area (Å²) in [7, 11) is 0. The monoisotopic (exact) mass is 324 g/mol. The fourth-order valence-electron chi connectivity index (χ4n) is 2.87. The van der Waals surface area contributed by atoms with Gasteiger partial charge in [0.1, 0.15) is 5.69 Å². The number of aromatic amines is 1. The highest BCUT2D eigenvalue weighted by atomic mass is 16.1. The molecule has 6 heteroatoms. The van der Waals surface area contributed by atoms with E-state index in [9.17, 15) is 9.59 Å². The molecule has 0 fully saturated rings. The van der Waals surface area contributed by atoms with Gasteiger partial charge in [0.2, 0.25) is 6.41 Å². The van der Waals surface area contributed by atoms with E-state index < -0.39 is 0 Å². The van der Waals surface area contributed by atoms with Crippen LogP contribution in [0.15, 0.2) is 41.6 Å². The van der Waals surface area contributed by atoms with Crippen LogP contribution in [0.5, 0.6) is 0 Å². The van der Waals surface area contributed by atoms with Crippen LogP contribution in [0.4, 0.5) is 5.69 Å². The van der Waals surface area contributed by atoms with E-state index in [4.69, 9.17) is 0 Å². The third-order valence-corrected chi connectivity index (χ3v) is 3.87. The lowest BCUT2D eigenvalue weighted by molar-refractivity contribution is -0.105. The van der Waals surface area contributed by atoms with Crippen molar-refractivity contribution in [3.8, 4) is 0 Å². The molecule has 0 aromatic carbocycles. The van der Waals surface area contributed by atoms with Crippen molar-refractivity contribution in [1.82, 2.24) is 14.5 Å². The summed E-state index contributed by atoms with van der Waals surface area (Å²) < 4.78 is 1.56. The molecule has 6 nitrogen and oxygen atoms in total. The van der Waals surface area contributed by atoms with E-state index in [0.29, 0.717) is 18.9 Å². The average Bonchev–Trinajstić information content (AvgIpc) is 2.95. The number of rotatable bonds is 6. The van der Waals surface area contributed by atoms with Gasteiger partial charge in [0.15, 0.2) is 0 Å². The predicted molar refractivity (Wildman–Crippen MR) is 94.1 cm³/mol. The second kappa shape index (κ2) is 6.70. The second-order valence-electron chi connectivity index (χ2n) is 6.27. The molecule has 0 aliphatic heterocycles. The molecule has 0 aliphatic carbocycles. The third-order valence-electron chi connectivity index (χ3n) is 3.87. The molecule has 3 aromatic heterocycles. The zero-order valence-electron chi connectivity index (χ0n) is 13.7. The standard InChI is InChI=1S/C18H20N4O2/c1-12(2)6-13-8-19-9-14-7-15(21-17(13)14)10-22-5-3-4-16(18(22)24)20-11-23/h3-5,7-9,11-12,21H,6,10H2,1-2H3,(H,20,23). The van der Waals surface area contributed by atoms with Crippen molar-refractivity contribution in [2.24, 2.45) is 5.92 Å². The van der Waals surface area contributed by atoms with E-state index in [-0.39, 0.29) is 11.2 Å². The Kier molecular flexibility index (Phi) is 4.46. The molecular weight excluding hydrogens is 304 g/mol. The summed E-state index contributed by atoms with van der Waals surface area (Å²) in [5.41, 5.74) is 3.21. The highest BCUT2D eigenvalue weighted by Gasteiger charge is 2.09. The number of carbonyl (C=O) groups is 1. The smallest absolute Gasteiger partial charge is 0.274 e. The summed E-state index contributed by atoms with van der Waals surface area (Å²) in [6, 6.07) is 5.34. The molecule has 1 amide bonds. The zero-order chi connectivity index (χ0) is 17.1. The molecule has 3 rings (SSSR count). The molecule has 3 heterocycles. The van der Waals surface area contributed by atoms with Crippen LogP contribution in [0.25, 0.3) is 10.9 Å². The maximum atomic E-state index is 12.3. The van der Waals surface area contributed by atoms with Crippen LogP contribution in [0.3, 0.4) is 0 Å². The first kappa shape index (κ1) is 16.0. The first-order valence-corrected chi connectivity index (χ1v) is 7.92. The molecule has 0 saturated carbocycles. The lowest BCUT2D eigenvalue weighted by Crippen LogP contribution is -2.23. The molecule has 24 heavy (non-hydrogen) atoms. The number of pyridine rings is 2. The Hall–Kier alpha value is -2.89. The first-order chi connectivity index (χ1) is 11.6. The summed E-state index contributed by atoms with van der Waals surface area (Å²) >= 11 is 0. The van der Waals surface area contributed by atoms with Crippen LogP contribution < -0.4 is 10.9 Å². The van der Waals surface area contributed by atoms with Gasteiger partial charge in [0.25, 0.3) is 5.56 Å². The van der Waals surface area contributed by atoms with Crippen molar-refractivity contribution < 1.29 is 4.79 Å². The molecule has 0 radical (unpaired) electrons.